The Morgan fingerprint density at radius 3 is 2.77 bits per heavy atom. The van der Waals surface area contributed by atoms with Crippen LogP contribution < -0.4 is 5.32 Å². The highest BCUT2D eigenvalue weighted by Gasteiger charge is 2.32. The maximum atomic E-state index is 13.2. The largest absolute Gasteiger partial charge is 0.337 e. The number of fused-ring (bicyclic) bond motifs is 1. The van der Waals surface area contributed by atoms with Crippen LogP contribution in [-0.2, 0) is 12.8 Å². The minimum absolute atomic E-state index is 0.118. The molecule has 0 spiro atoms. The van der Waals surface area contributed by atoms with Crippen LogP contribution in [0.4, 0.5) is 0 Å². The summed E-state index contributed by atoms with van der Waals surface area (Å²) < 4.78 is 2.02. The first-order valence-electron chi connectivity index (χ1n) is 9.79. The Hall–Kier alpha value is -2.14. The molecular formula is C21H28N4O. The monoisotopic (exact) mass is 352 g/mol. The van der Waals surface area contributed by atoms with E-state index < -0.39 is 0 Å². The van der Waals surface area contributed by atoms with Gasteiger partial charge in [-0.15, -0.1) is 0 Å². The summed E-state index contributed by atoms with van der Waals surface area (Å²) in [6.07, 6.45) is 5.37. The van der Waals surface area contributed by atoms with Gasteiger partial charge in [-0.25, -0.2) is 4.68 Å². The van der Waals surface area contributed by atoms with Gasteiger partial charge in [0.25, 0.3) is 5.91 Å². The van der Waals surface area contributed by atoms with Crippen molar-refractivity contribution in [2.45, 2.75) is 39.0 Å². The molecule has 0 radical (unpaired) electrons. The minimum atomic E-state index is 0.118. The number of aromatic nitrogens is 2. The van der Waals surface area contributed by atoms with Crippen LogP contribution in [0.3, 0.4) is 0 Å². The molecule has 138 valence electrons. The topological polar surface area (TPSA) is 50.2 Å². The molecule has 0 bridgehead atoms. The number of aryl methyl sites for hydroxylation is 1. The van der Waals surface area contributed by atoms with Crippen molar-refractivity contribution in [2.24, 2.45) is 5.92 Å². The highest BCUT2D eigenvalue weighted by Crippen LogP contribution is 2.29. The summed E-state index contributed by atoms with van der Waals surface area (Å²) in [4.78, 5) is 15.2. The summed E-state index contributed by atoms with van der Waals surface area (Å²) in [7, 11) is 1.98. The normalized spacial score (nSPS) is 19.6. The molecule has 0 saturated carbocycles. The van der Waals surface area contributed by atoms with Crippen LogP contribution >= 0.6 is 0 Å². The van der Waals surface area contributed by atoms with Crippen LogP contribution in [0.25, 0.3) is 5.69 Å². The van der Waals surface area contributed by atoms with Gasteiger partial charge in [-0.1, -0.05) is 17.7 Å². The third-order valence-corrected chi connectivity index (χ3v) is 5.73. The van der Waals surface area contributed by atoms with E-state index in [2.05, 4.69) is 36.5 Å². The molecule has 4 rings (SSSR count). The molecule has 1 fully saturated rings. The van der Waals surface area contributed by atoms with Gasteiger partial charge in [0, 0.05) is 24.3 Å². The van der Waals surface area contributed by atoms with Crippen molar-refractivity contribution >= 4 is 5.91 Å². The molecule has 5 heteroatoms. The Kier molecular flexibility index (Phi) is 4.81. The molecule has 1 N–H and O–H groups in total. The van der Waals surface area contributed by atoms with Gasteiger partial charge < -0.3 is 10.2 Å². The molecule has 1 saturated heterocycles. The van der Waals surface area contributed by atoms with E-state index in [1.165, 1.54) is 23.2 Å². The molecule has 1 unspecified atom stereocenters. The summed E-state index contributed by atoms with van der Waals surface area (Å²) in [5, 5.41) is 8.05. The molecule has 2 aromatic rings. The number of likely N-dealkylation sites (tertiary alicyclic amines) is 1. The zero-order valence-corrected chi connectivity index (χ0v) is 15.8. The molecule has 26 heavy (non-hydrogen) atoms. The van der Waals surface area contributed by atoms with Crippen molar-refractivity contribution in [3.8, 4) is 5.69 Å². The van der Waals surface area contributed by atoms with E-state index >= 15 is 0 Å². The average molecular weight is 352 g/mol. The molecular weight excluding hydrogens is 324 g/mol. The second-order valence-electron chi connectivity index (χ2n) is 7.69. The molecule has 1 aliphatic carbocycles. The van der Waals surface area contributed by atoms with Crippen molar-refractivity contribution in [3.63, 3.8) is 0 Å². The van der Waals surface area contributed by atoms with Crippen molar-refractivity contribution in [1.29, 1.82) is 0 Å². The Labute approximate surface area is 155 Å². The average Bonchev–Trinajstić information content (AvgIpc) is 3.27. The predicted octanol–water partition coefficient (Wildman–Crippen LogP) is 2.74. The fourth-order valence-corrected chi connectivity index (χ4v) is 4.29. The summed E-state index contributed by atoms with van der Waals surface area (Å²) in [6, 6.07) is 8.42. The Morgan fingerprint density at radius 1 is 1.23 bits per heavy atom. The van der Waals surface area contributed by atoms with Crippen LogP contribution in [0.5, 0.6) is 0 Å². The number of rotatable bonds is 4. The van der Waals surface area contributed by atoms with E-state index in [-0.39, 0.29) is 5.91 Å². The fourth-order valence-electron chi connectivity index (χ4n) is 4.29. The molecule has 2 heterocycles. The second-order valence-corrected chi connectivity index (χ2v) is 7.69. The van der Waals surface area contributed by atoms with Crippen molar-refractivity contribution in [1.82, 2.24) is 20.0 Å². The van der Waals surface area contributed by atoms with Gasteiger partial charge >= 0.3 is 0 Å². The fraction of sp³-hybridized carbons (Fsp3) is 0.524. The standard InChI is InChI=1S/C21H28N4O/c1-15-7-9-17(10-8-15)25-19-6-4-3-5-18(19)20(23-25)21(26)24-12-11-16(14-24)13-22-2/h7-10,16,22H,3-6,11-14H2,1-2H3. The first-order valence-corrected chi connectivity index (χ1v) is 9.79. The predicted molar refractivity (Wildman–Crippen MR) is 103 cm³/mol. The smallest absolute Gasteiger partial charge is 0.274 e. The lowest BCUT2D eigenvalue weighted by Crippen LogP contribution is -2.31. The maximum Gasteiger partial charge on any atom is 0.274 e. The van der Waals surface area contributed by atoms with Crippen LogP contribution in [0.1, 0.15) is 46.6 Å². The lowest BCUT2D eigenvalue weighted by atomic mass is 9.95. The zero-order chi connectivity index (χ0) is 18.1. The van der Waals surface area contributed by atoms with Crippen LogP contribution in [-0.4, -0.2) is 47.3 Å². The highest BCUT2D eigenvalue weighted by molar-refractivity contribution is 5.94. The minimum Gasteiger partial charge on any atom is -0.337 e. The number of nitrogens with zero attached hydrogens (tertiary/aromatic N) is 3. The van der Waals surface area contributed by atoms with Crippen LogP contribution in [0, 0.1) is 12.8 Å². The van der Waals surface area contributed by atoms with Gasteiger partial charge in [-0.05, 0) is 70.7 Å². The summed E-state index contributed by atoms with van der Waals surface area (Å²) in [5.74, 6) is 0.673. The van der Waals surface area contributed by atoms with Crippen LogP contribution in [0.15, 0.2) is 24.3 Å². The molecule has 1 aliphatic heterocycles. The highest BCUT2D eigenvalue weighted by atomic mass is 16.2. The lowest BCUT2D eigenvalue weighted by molar-refractivity contribution is 0.0779. The van der Waals surface area contributed by atoms with Gasteiger partial charge in [-0.2, -0.15) is 5.10 Å². The number of benzene rings is 1. The molecule has 1 aromatic carbocycles. The first-order chi connectivity index (χ1) is 12.7. The number of hydrogen-bond acceptors (Lipinski definition) is 3. The summed E-state index contributed by atoms with van der Waals surface area (Å²) >= 11 is 0. The third kappa shape index (κ3) is 3.16. The van der Waals surface area contributed by atoms with Crippen molar-refractivity contribution < 1.29 is 4.79 Å². The van der Waals surface area contributed by atoms with E-state index in [9.17, 15) is 4.79 Å². The van der Waals surface area contributed by atoms with Crippen molar-refractivity contribution in [3.05, 3.63) is 46.8 Å². The molecule has 2 aliphatic rings. The number of carbonyl (C=O) groups excluding carboxylic acids is 1. The van der Waals surface area contributed by atoms with E-state index in [0.717, 1.165) is 51.0 Å². The van der Waals surface area contributed by atoms with Gasteiger partial charge in [0.1, 0.15) is 0 Å². The summed E-state index contributed by atoms with van der Waals surface area (Å²) in [6.45, 7) is 4.75. The van der Waals surface area contributed by atoms with Crippen molar-refractivity contribution in [2.75, 3.05) is 26.7 Å². The molecule has 5 nitrogen and oxygen atoms in total. The lowest BCUT2D eigenvalue weighted by Gasteiger charge is -2.17. The van der Waals surface area contributed by atoms with E-state index in [0.29, 0.717) is 11.6 Å². The Bertz CT molecular complexity index is 793. The zero-order valence-electron chi connectivity index (χ0n) is 15.8. The molecule has 1 atom stereocenters. The third-order valence-electron chi connectivity index (χ3n) is 5.73. The molecule has 1 amide bonds. The SMILES string of the molecule is CNCC1CCN(C(=O)c2nn(-c3ccc(C)cc3)c3c2CCCC3)C1. The van der Waals surface area contributed by atoms with E-state index in [1.54, 1.807) is 0 Å². The second kappa shape index (κ2) is 7.23. The van der Waals surface area contributed by atoms with E-state index in [4.69, 9.17) is 5.10 Å². The maximum absolute atomic E-state index is 13.2. The van der Waals surface area contributed by atoms with E-state index in [1.807, 2.05) is 16.6 Å². The van der Waals surface area contributed by atoms with Gasteiger partial charge in [0.05, 0.1) is 5.69 Å². The number of nitrogens with one attached hydrogen (secondary N) is 1. The van der Waals surface area contributed by atoms with Crippen LogP contribution in [0.2, 0.25) is 0 Å². The van der Waals surface area contributed by atoms with Gasteiger partial charge in [0.2, 0.25) is 0 Å². The quantitative estimate of drug-likeness (QED) is 0.920. The first kappa shape index (κ1) is 17.3. The number of hydrogen-bond donors (Lipinski definition) is 1. The number of carbonyl (C=O) groups is 1. The molecule has 1 aromatic heterocycles. The van der Waals surface area contributed by atoms with Gasteiger partial charge in [0.15, 0.2) is 5.69 Å². The Morgan fingerprint density at radius 2 is 2.00 bits per heavy atom. The van der Waals surface area contributed by atoms with Gasteiger partial charge in [-0.3, -0.25) is 4.79 Å². The Balaban J connectivity index is 1.66. The summed E-state index contributed by atoms with van der Waals surface area (Å²) in [5.41, 5.74) is 5.39. The number of amides is 1.